The van der Waals surface area contributed by atoms with Crippen LogP contribution in [0.25, 0.3) is 0 Å². The van der Waals surface area contributed by atoms with E-state index < -0.39 is 5.54 Å². The van der Waals surface area contributed by atoms with Gasteiger partial charge in [0.2, 0.25) is 0 Å². The zero-order valence-electron chi connectivity index (χ0n) is 10.3. The first-order valence-corrected chi connectivity index (χ1v) is 6.68. The van der Waals surface area contributed by atoms with Crippen molar-refractivity contribution in [1.82, 2.24) is 5.32 Å². The quantitative estimate of drug-likeness (QED) is 0.604. The predicted molar refractivity (Wildman–Crippen MR) is 68.7 cm³/mol. The Kier molecular flexibility index (Phi) is 4.44. The molecule has 4 heteroatoms. The first-order valence-electron chi connectivity index (χ1n) is 5.52. The molecule has 1 fully saturated rings. The Morgan fingerprint density at radius 3 is 2.81 bits per heavy atom. The highest BCUT2D eigenvalue weighted by atomic mass is 32.2. The van der Waals surface area contributed by atoms with E-state index in [-0.39, 0.29) is 11.4 Å². The highest BCUT2D eigenvalue weighted by Gasteiger charge is 2.53. The molecule has 1 aliphatic rings. The van der Waals surface area contributed by atoms with Crippen LogP contribution in [-0.4, -0.2) is 36.7 Å². The van der Waals surface area contributed by atoms with E-state index in [0.29, 0.717) is 6.54 Å². The van der Waals surface area contributed by atoms with Crippen molar-refractivity contribution in [3.05, 3.63) is 12.7 Å². The largest absolute Gasteiger partial charge is 0.468 e. The fraction of sp³-hybridized carbons (Fsp3) is 0.750. The monoisotopic (exact) mass is 243 g/mol. The molecule has 1 atom stereocenters. The average molecular weight is 243 g/mol. The molecule has 16 heavy (non-hydrogen) atoms. The Bertz CT molecular complexity index is 278. The molecule has 0 saturated carbocycles. The van der Waals surface area contributed by atoms with Crippen LogP contribution in [0, 0.1) is 5.41 Å². The second kappa shape index (κ2) is 5.23. The lowest BCUT2D eigenvalue weighted by Gasteiger charge is -2.47. The molecule has 1 rings (SSSR count). The van der Waals surface area contributed by atoms with E-state index in [2.05, 4.69) is 25.7 Å². The number of ether oxygens (including phenoxy) is 1. The highest BCUT2D eigenvalue weighted by molar-refractivity contribution is 7.99. The van der Waals surface area contributed by atoms with Crippen molar-refractivity contribution in [2.24, 2.45) is 5.41 Å². The van der Waals surface area contributed by atoms with Gasteiger partial charge in [0.15, 0.2) is 0 Å². The van der Waals surface area contributed by atoms with Crippen LogP contribution in [0.1, 0.15) is 20.3 Å². The highest BCUT2D eigenvalue weighted by Crippen LogP contribution is 2.42. The van der Waals surface area contributed by atoms with Crippen LogP contribution >= 0.6 is 11.8 Å². The fourth-order valence-corrected chi connectivity index (χ4v) is 3.80. The molecular weight excluding hydrogens is 222 g/mol. The molecule has 1 heterocycles. The molecule has 0 radical (unpaired) electrons. The summed E-state index contributed by atoms with van der Waals surface area (Å²) in [5.41, 5.74) is -0.673. The van der Waals surface area contributed by atoms with Gasteiger partial charge in [0.25, 0.3) is 0 Å². The Morgan fingerprint density at radius 1 is 1.62 bits per heavy atom. The maximum atomic E-state index is 12.1. The summed E-state index contributed by atoms with van der Waals surface area (Å²) < 4.78 is 4.98. The van der Waals surface area contributed by atoms with Gasteiger partial charge < -0.3 is 4.74 Å². The molecule has 1 saturated heterocycles. The standard InChI is InChI=1S/C12H21NO2S/c1-5-7-13-12(10(14)15-4)9-16-8-6-11(12,2)3/h5,13H,1,6-9H2,2-4H3. The molecule has 1 unspecified atom stereocenters. The summed E-state index contributed by atoms with van der Waals surface area (Å²) in [5, 5.41) is 3.31. The first-order chi connectivity index (χ1) is 7.50. The lowest BCUT2D eigenvalue weighted by Crippen LogP contribution is -2.65. The molecule has 0 aliphatic carbocycles. The van der Waals surface area contributed by atoms with Gasteiger partial charge in [0.1, 0.15) is 5.54 Å². The van der Waals surface area contributed by atoms with Gasteiger partial charge >= 0.3 is 5.97 Å². The molecule has 3 nitrogen and oxygen atoms in total. The second-order valence-corrected chi connectivity index (χ2v) is 5.86. The van der Waals surface area contributed by atoms with Crippen molar-refractivity contribution in [1.29, 1.82) is 0 Å². The summed E-state index contributed by atoms with van der Waals surface area (Å²) in [6.45, 7) is 8.56. The third-order valence-corrected chi connectivity index (χ3v) is 4.56. The number of hydrogen-bond donors (Lipinski definition) is 1. The summed E-state index contributed by atoms with van der Waals surface area (Å²) in [7, 11) is 1.45. The third kappa shape index (κ3) is 2.28. The Morgan fingerprint density at radius 2 is 2.31 bits per heavy atom. The predicted octanol–water partition coefficient (Wildman–Crippen LogP) is 1.84. The summed E-state index contributed by atoms with van der Waals surface area (Å²) in [5.74, 6) is 1.70. The van der Waals surface area contributed by atoms with Crippen LogP contribution in [0.2, 0.25) is 0 Å². The minimum absolute atomic E-state index is 0.0889. The number of esters is 1. The van der Waals surface area contributed by atoms with Gasteiger partial charge in [-0.1, -0.05) is 19.9 Å². The first kappa shape index (κ1) is 13.6. The molecule has 0 bridgehead atoms. The molecule has 92 valence electrons. The van der Waals surface area contributed by atoms with E-state index in [1.807, 2.05) is 0 Å². The topological polar surface area (TPSA) is 38.3 Å². The zero-order chi connectivity index (χ0) is 12.2. The Labute approximate surface area is 102 Å². The SMILES string of the molecule is C=CCNC1(C(=O)OC)CSCCC1(C)C. The number of methoxy groups -OCH3 is 1. The van der Waals surface area contributed by atoms with Crippen molar-refractivity contribution in [2.75, 3.05) is 25.2 Å². The normalized spacial score (nSPS) is 28.4. The Balaban J connectivity index is 2.99. The molecule has 0 amide bonds. The van der Waals surface area contributed by atoms with Gasteiger partial charge in [-0.3, -0.25) is 10.1 Å². The van der Waals surface area contributed by atoms with E-state index in [1.54, 1.807) is 17.8 Å². The fourth-order valence-electron chi connectivity index (χ4n) is 2.08. The van der Waals surface area contributed by atoms with Crippen LogP contribution in [-0.2, 0) is 9.53 Å². The van der Waals surface area contributed by atoms with Crippen LogP contribution < -0.4 is 5.32 Å². The molecular formula is C12H21NO2S. The van der Waals surface area contributed by atoms with Gasteiger partial charge in [-0.15, -0.1) is 6.58 Å². The summed E-state index contributed by atoms with van der Waals surface area (Å²) in [6, 6.07) is 0. The molecule has 1 N–H and O–H groups in total. The van der Waals surface area contributed by atoms with E-state index >= 15 is 0 Å². The van der Waals surface area contributed by atoms with Gasteiger partial charge in [-0.25, -0.2) is 0 Å². The minimum Gasteiger partial charge on any atom is -0.468 e. The van der Waals surface area contributed by atoms with Crippen molar-refractivity contribution < 1.29 is 9.53 Å². The maximum Gasteiger partial charge on any atom is 0.327 e. The van der Waals surface area contributed by atoms with Gasteiger partial charge in [0, 0.05) is 12.3 Å². The molecule has 1 aliphatic heterocycles. The van der Waals surface area contributed by atoms with Crippen LogP contribution in [0.4, 0.5) is 0 Å². The third-order valence-electron chi connectivity index (χ3n) is 3.43. The lowest BCUT2D eigenvalue weighted by atomic mass is 9.70. The van der Waals surface area contributed by atoms with Crippen LogP contribution in [0.3, 0.4) is 0 Å². The minimum atomic E-state index is -0.584. The molecule has 0 aromatic heterocycles. The van der Waals surface area contributed by atoms with Crippen molar-refractivity contribution in [3.63, 3.8) is 0 Å². The van der Waals surface area contributed by atoms with Gasteiger partial charge in [-0.05, 0) is 17.6 Å². The maximum absolute atomic E-state index is 12.1. The van der Waals surface area contributed by atoms with Crippen molar-refractivity contribution >= 4 is 17.7 Å². The Hall–Kier alpha value is -0.480. The van der Waals surface area contributed by atoms with Crippen molar-refractivity contribution in [2.45, 2.75) is 25.8 Å². The number of carbonyl (C=O) groups is 1. The molecule has 0 aromatic rings. The van der Waals surface area contributed by atoms with Crippen LogP contribution in [0.15, 0.2) is 12.7 Å². The van der Waals surface area contributed by atoms with Crippen LogP contribution in [0.5, 0.6) is 0 Å². The van der Waals surface area contributed by atoms with E-state index in [4.69, 9.17) is 4.74 Å². The lowest BCUT2D eigenvalue weighted by molar-refractivity contribution is -0.153. The number of rotatable bonds is 4. The average Bonchev–Trinajstić information content (AvgIpc) is 2.26. The van der Waals surface area contributed by atoms with Gasteiger partial charge in [0.05, 0.1) is 7.11 Å². The second-order valence-electron chi connectivity index (χ2n) is 4.75. The summed E-state index contributed by atoms with van der Waals surface area (Å²) in [6.07, 6.45) is 2.79. The smallest absolute Gasteiger partial charge is 0.327 e. The molecule has 0 spiro atoms. The van der Waals surface area contributed by atoms with Crippen molar-refractivity contribution in [3.8, 4) is 0 Å². The summed E-state index contributed by atoms with van der Waals surface area (Å²) >= 11 is 1.80. The number of thioether (sulfide) groups is 1. The number of nitrogens with one attached hydrogen (secondary N) is 1. The zero-order valence-corrected chi connectivity index (χ0v) is 11.2. The summed E-state index contributed by atoms with van der Waals surface area (Å²) in [4.78, 5) is 12.1. The van der Waals surface area contributed by atoms with E-state index in [9.17, 15) is 4.79 Å². The molecule has 0 aromatic carbocycles. The van der Waals surface area contributed by atoms with E-state index in [1.165, 1.54) is 7.11 Å². The van der Waals surface area contributed by atoms with Gasteiger partial charge in [-0.2, -0.15) is 11.8 Å². The van der Waals surface area contributed by atoms with E-state index in [0.717, 1.165) is 17.9 Å². The number of carbonyl (C=O) groups excluding carboxylic acids is 1. The number of hydrogen-bond acceptors (Lipinski definition) is 4.